The summed E-state index contributed by atoms with van der Waals surface area (Å²) in [5.74, 6) is -0.277. The number of rotatable bonds is 7. The SMILES string of the molecule is CN(C)c1ccc(NC(=O)CSc2nc3c(c(=O)[nH]2)CN(Cc2ccc(F)cc2)CC3)cc1. The number of hydrogen-bond donors (Lipinski definition) is 2. The number of nitrogens with one attached hydrogen (secondary N) is 2. The molecule has 2 N–H and O–H groups in total. The molecule has 1 aromatic heterocycles. The van der Waals surface area contributed by atoms with Crippen molar-refractivity contribution in [3.8, 4) is 0 Å². The van der Waals surface area contributed by atoms with E-state index in [4.69, 9.17) is 0 Å². The van der Waals surface area contributed by atoms with E-state index in [-0.39, 0.29) is 23.0 Å². The third-order valence-corrected chi connectivity index (χ3v) is 6.33. The van der Waals surface area contributed by atoms with Gasteiger partial charge in [0.2, 0.25) is 5.91 Å². The Labute approximate surface area is 196 Å². The molecule has 0 aliphatic carbocycles. The molecule has 2 aromatic carbocycles. The van der Waals surface area contributed by atoms with Gasteiger partial charge in [-0.15, -0.1) is 0 Å². The highest BCUT2D eigenvalue weighted by molar-refractivity contribution is 7.99. The number of amides is 1. The van der Waals surface area contributed by atoms with Crippen LogP contribution < -0.4 is 15.8 Å². The van der Waals surface area contributed by atoms with E-state index in [2.05, 4.69) is 20.2 Å². The van der Waals surface area contributed by atoms with Crippen LogP contribution in [0.4, 0.5) is 15.8 Å². The molecule has 0 saturated heterocycles. The van der Waals surface area contributed by atoms with Crippen molar-refractivity contribution in [3.05, 3.63) is 81.5 Å². The second-order valence-electron chi connectivity index (χ2n) is 8.16. The monoisotopic (exact) mass is 467 g/mol. The number of nitrogens with zero attached hydrogens (tertiary/aromatic N) is 3. The molecule has 0 atom stereocenters. The van der Waals surface area contributed by atoms with Crippen LogP contribution in [0.2, 0.25) is 0 Å². The summed E-state index contributed by atoms with van der Waals surface area (Å²) in [6.45, 7) is 1.89. The average Bonchev–Trinajstić information content (AvgIpc) is 2.80. The van der Waals surface area contributed by atoms with Gasteiger partial charge in [0.05, 0.1) is 17.0 Å². The maximum absolute atomic E-state index is 13.1. The van der Waals surface area contributed by atoms with Crippen LogP contribution in [0.15, 0.2) is 58.5 Å². The first-order chi connectivity index (χ1) is 15.9. The fourth-order valence-corrected chi connectivity index (χ4v) is 4.36. The van der Waals surface area contributed by atoms with Crippen molar-refractivity contribution in [1.82, 2.24) is 14.9 Å². The van der Waals surface area contributed by atoms with Crippen LogP contribution in [0.25, 0.3) is 0 Å². The van der Waals surface area contributed by atoms with E-state index in [1.807, 2.05) is 43.3 Å². The number of hydrogen-bond acceptors (Lipinski definition) is 6. The second kappa shape index (κ2) is 10.2. The molecule has 9 heteroatoms. The van der Waals surface area contributed by atoms with Gasteiger partial charge in [-0.05, 0) is 42.0 Å². The number of halogens is 1. The Morgan fingerprint density at radius 3 is 2.61 bits per heavy atom. The summed E-state index contributed by atoms with van der Waals surface area (Å²) in [7, 11) is 3.92. The van der Waals surface area contributed by atoms with E-state index >= 15 is 0 Å². The van der Waals surface area contributed by atoms with Gasteiger partial charge in [-0.25, -0.2) is 9.37 Å². The maximum atomic E-state index is 13.1. The molecule has 4 rings (SSSR count). The molecule has 2 heterocycles. The average molecular weight is 468 g/mol. The number of anilines is 2. The predicted molar refractivity (Wildman–Crippen MR) is 129 cm³/mol. The number of H-pyrrole nitrogens is 1. The van der Waals surface area contributed by atoms with Gasteiger partial charge in [-0.3, -0.25) is 14.5 Å². The summed E-state index contributed by atoms with van der Waals surface area (Å²) in [5.41, 5.74) is 4.02. The Morgan fingerprint density at radius 1 is 1.18 bits per heavy atom. The minimum atomic E-state index is -0.260. The summed E-state index contributed by atoms with van der Waals surface area (Å²) in [4.78, 5) is 36.5. The molecule has 1 aliphatic rings. The minimum absolute atomic E-state index is 0.147. The van der Waals surface area contributed by atoms with Crippen LogP contribution in [0.3, 0.4) is 0 Å². The van der Waals surface area contributed by atoms with E-state index in [0.29, 0.717) is 30.2 Å². The quantitative estimate of drug-likeness (QED) is 0.410. The molecule has 0 bridgehead atoms. The number of aromatic nitrogens is 2. The summed E-state index contributed by atoms with van der Waals surface area (Å²) in [6, 6.07) is 14.0. The fourth-order valence-electron chi connectivity index (χ4n) is 3.68. The zero-order chi connectivity index (χ0) is 23.4. The molecule has 1 amide bonds. The van der Waals surface area contributed by atoms with Crippen molar-refractivity contribution in [3.63, 3.8) is 0 Å². The molecule has 0 fully saturated rings. The Bertz CT molecular complexity index is 1180. The molecular weight excluding hydrogens is 441 g/mol. The van der Waals surface area contributed by atoms with Gasteiger partial charge in [0.15, 0.2) is 5.16 Å². The molecule has 3 aromatic rings. The van der Waals surface area contributed by atoms with E-state index in [1.165, 1.54) is 23.9 Å². The second-order valence-corrected chi connectivity index (χ2v) is 9.13. The molecule has 7 nitrogen and oxygen atoms in total. The zero-order valence-corrected chi connectivity index (χ0v) is 19.4. The van der Waals surface area contributed by atoms with Crippen LogP contribution in [0, 0.1) is 5.82 Å². The van der Waals surface area contributed by atoms with Gasteiger partial charge in [0.1, 0.15) is 5.82 Å². The van der Waals surface area contributed by atoms with Gasteiger partial charge in [0.25, 0.3) is 5.56 Å². The Hall–Kier alpha value is -3.17. The highest BCUT2D eigenvalue weighted by atomic mass is 32.2. The van der Waals surface area contributed by atoms with E-state index in [0.717, 1.165) is 29.2 Å². The molecule has 0 saturated carbocycles. The van der Waals surface area contributed by atoms with Crippen LogP contribution in [-0.4, -0.2) is 47.2 Å². The Balaban J connectivity index is 1.34. The third kappa shape index (κ3) is 6.00. The lowest BCUT2D eigenvalue weighted by molar-refractivity contribution is -0.113. The van der Waals surface area contributed by atoms with Crippen LogP contribution in [0.5, 0.6) is 0 Å². The predicted octanol–water partition coefficient (Wildman–Crippen LogP) is 3.26. The van der Waals surface area contributed by atoms with Crippen molar-refractivity contribution in [2.75, 3.05) is 36.6 Å². The molecule has 33 heavy (non-hydrogen) atoms. The molecule has 0 unspecified atom stereocenters. The molecule has 0 spiro atoms. The molecular formula is C24H26FN5O2S. The number of fused-ring (bicyclic) bond motifs is 1. The third-order valence-electron chi connectivity index (χ3n) is 5.45. The number of benzene rings is 2. The first kappa shape index (κ1) is 23.0. The molecule has 0 radical (unpaired) electrons. The minimum Gasteiger partial charge on any atom is -0.378 e. The van der Waals surface area contributed by atoms with E-state index in [9.17, 15) is 14.0 Å². The van der Waals surface area contributed by atoms with E-state index in [1.54, 1.807) is 12.1 Å². The lowest BCUT2D eigenvalue weighted by Crippen LogP contribution is -2.35. The van der Waals surface area contributed by atoms with Crippen molar-refractivity contribution >= 4 is 29.0 Å². The highest BCUT2D eigenvalue weighted by Gasteiger charge is 2.21. The van der Waals surface area contributed by atoms with Crippen LogP contribution in [0.1, 0.15) is 16.8 Å². The number of carbonyl (C=O) groups excluding carboxylic acids is 1. The van der Waals surface area contributed by atoms with Crippen LogP contribution in [-0.2, 0) is 24.3 Å². The molecule has 1 aliphatic heterocycles. The van der Waals surface area contributed by atoms with E-state index < -0.39 is 0 Å². The van der Waals surface area contributed by atoms with Gasteiger partial charge in [-0.2, -0.15) is 0 Å². The van der Waals surface area contributed by atoms with Gasteiger partial charge < -0.3 is 15.2 Å². The molecule has 172 valence electrons. The fraction of sp³-hybridized carbons (Fsp3) is 0.292. The summed E-state index contributed by atoms with van der Waals surface area (Å²) in [6.07, 6.45) is 0.651. The maximum Gasteiger partial charge on any atom is 0.256 e. The van der Waals surface area contributed by atoms with Crippen molar-refractivity contribution < 1.29 is 9.18 Å². The van der Waals surface area contributed by atoms with Crippen molar-refractivity contribution in [2.45, 2.75) is 24.7 Å². The number of aromatic amines is 1. The highest BCUT2D eigenvalue weighted by Crippen LogP contribution is 2.20. The Kier molecular flexibility index (Phi) is 7.10. The standard InChI is InChI=1S/C24H26FN5O2S/c1-29(2)19-9-7-18(8-10-19)26-22(31)15-33-24-27-21-11-12-30(14-20(21)23(32)28-24)13-16-3-5-17(25)6-4-16/h3-10H,11-15H2,1-2H3,(H,26,31)(H,27,28,32). The summed E-state index contributed by atoms with van der Waals surface area (Å²) >= 11 is 1.21. The number of carbonyl (C=O) groups is 1. The van der Waals surface area contributed by atoms with Crippen molar-refractivity contribution in [1.29, 1.82) is 0 Å². The summed E-state index contributed by atoms with van der Waals surface area (Å²) in [5, 5.41) is 3.31. The number of thioether (sulfide) groups is 1. The van der Waals surface area contributed by atoms with Gasteiger partial charge in [-0.1, -0.05) is 23.9 Å². The lowest BCUT2D eigenvalue weighted by atomic mass is 10.1. The summed E-state index contributed by atoms with van der Waals surface area (Å²) < 4.78 is 13.1. The normalized spacial score (nSPS) is 13.4. The first-order valence-corrected chi connectivity index (χ1v) is 11.6. The first-order valence-electron chi connectivity index (χ1n) is 10.7. The lowest BCUT2D eigenvalue weighted by Gasteiger charge is -2.27. The van der Waals surface area contributed by atoms with Crippen molar-refractivity contribution in [2.24, 2.45) is 0 Å². The zero-order valence-electron chi connectivity index (χ0n) is 18.6. The largest absolute Gasteiger partial charge is 0.378 e. The van der Waals surface area contributed by atoms with Gasteiger partial charge >= 0.3 is 0 Å². The van der Waals surface area contributed by atoms with Crippen LogP contribution >= 0.6 is 11.8 Å². The topological polar surface area (TPSA) is 81.3 Å². The Morgan fingerprint density at radius 2 is 1.91 bits per heavy atom. The smallest absolute Gasteiger partial charge is 0.256 e. The van der Waals surface area contributed by atoms with Gasteiger partial charge in [0, 0.05) is 51.5 Å².